The number of carboxylic acids is 1. The summed E-state index contributed by atoms with van der Waals surface area (Å²) in [6.45, 7) is 0.720. The average Bonchev–Trinajstić information content (AvgIpc) is 3.80. The van der Waals surface area contributed by atoms with Crippen LogP contribution in [0.25, 0.3) is 10.9 Å². The van der Waals surface area contributed by atoms with Gasteiger partial charge in [-0.2, -0.15) is 0 Å². The van der Waals surface area contributed by atoms with Crippen LogP contribution in [0.2, 0.25) is 0 Å². The molecule has 2 aromatic heterocycles. The highest BCUT2D eigenvalue weighted by molar-refractivity contribution is 5.94. The number of carbonyl (C=O) groups is 4. The predicted molar refractivity (Wildman–Crippen MR) is 159 cm³/mol. The molecule has 12 heteroatoms. The number of aliphatic carboxylic acids is 1. The maximum absolute atomic E-state index is 13.7. The fourth-order valence-corrected chi connectivity index (χ4v) is 5.33. The Bertz CT molecular complexity index is 1550. The zero-order chi connectivity index (χ0) is 30.2. The summed E-state index contributed by atoms with van der Waals surface area (Å²) in [7, 11) is 0. The molecular formula is C31H35N7O5. The molecule has 0 spiro atoms. The topological polar surface area (TPSA) is 181 Å². The molecular weight excluding hydrogens is 550 g/mol. The number of imidazole rings is 1. The Morgan fingerprint density at radius 2 is 1.58 bits per heavy atom. The molecule has 1 saturated heterocycles. The molecule has 4 atom stereocenters. The van der Waals surface area contributed by atoms with Crippen molar-refractivity contribution in [2.24, 2.45) is 0 Å². The minimum absolute atomic E-state index is 0.0456. The van der Waals surface area contributed by atoms with Crippen LogP contribution >= 0.6 is 0 Å². The molecule has 2 aromatic carbocycles. The number of amides is 3. The number of nitrogens with zero attached hydrogens (tertiary/aromatic N) is 1. The summed E-state index contributed by atoms with van der Waals surface area (Å²) in [6.07, 6.45) is 6.60. The molecule has 0 saturated carbocycles. The second-order valence-electron chi connectivity index (χ2n) is 10.7. The largest absolute Gasteiger partial charge is 0.480 e. The van der Waals surface area contributed by atoms with Crippen molar-refractivity contribution < 1.29 is 24.3 Å². The number of aromatic amines is 2. The molecule has 5 rings (SSSR count). The van der Waals surface area contributed by atoms with Gasteiger partial charge < -0.3 is 36.3 Å². The summed E-state index contributed by atoms with van der Waals surface area (Å²) in [5.41, 5.74) is 3.01. The third-order valence-corrected chi connectivity index (χ3v) is 7.62. The number of nitrogens with one attached hydrogen (secondary N) is 6. The molecule has 3 heterocycles. The van der Waals surface area contributed by atoms with E-state index in [1.165, 1.54) is 6.33 Å². The summed E-state index contributed by atoms with van der Waals surface area (Å²) < 4.78 is 0. The molecule has 4 unspecified atom stereocenters. The quantitative estimate of drug-likeness (QED) is 0.123. The van der Waals surface area contributed by atoms with E-state index in [4.69, 9.17) is 0 Å². The van der Waals surface area contributed by atoms with Gasteiger partial charge in [-0.3, -0.25) is 14.4 Å². The Morgan fingerprint density at radius 3 is 2.28 bits per heavy atom. The summed E-state index contributed by atoms with van der Waals surface area (Å²) in [5.74, 6) is -2.71. The maximum Gasteiger partial charge on any atom is 0.326 e. The van der Waals surface area contributed by atoms with Crippen LogP contribution in [-0.4, -0.2) is 74.5 Å². The van der Waals surface area contributed by atoms with E-state index in [0.29, 0.717) is 12.1 Å². The van der Waals surface area contributed by atoms with Crippen molar-refractivity contribution in [1.29, 1.82) is 0 Å². The van der Waals surface area contributed by atoms with Gasteiger partial charge in [0, 0.05) is 48.3 Å². The molecule has 0 bridgehead atoms. The minimum Gasteiger partial charge on any atom is -0.480 e. The molecule has 43 heavy (non-hydrogen) atoms. The summed E-state index contributed by atoms with van der Waals surface area (Å²) >= 11 is 0. The zero-order valence-corrected chi connectivity index (χ0v) is 23.5. The molecule has 4 aromatic rings. The molecule has 7 N–H and O–H groups in total. The van der Waals surface area contributed by atoms with Gasteiger partial charge in [0.1, 0.15) is 18.1 Å². The normalized spacial score (nSPS) is 16.7. The van der Waals surface area contributed by atoms with Gasteiger partial charge in [0.2, 0.25) is 17.7 Å². The number of hydrogen-bond acceptors (Lipinski definition) is 6. The van der Waals surface area contributed by atoms with Crippen LogP contribution in [-0.2, 0) is 38.4 Å². The smallest absolute Gasteiger partial charge is 0.326 e. The molecule has 224 valence electrons. The zero-order valence-electron chi connectivity index (χ0n) is 23.5. The van der Waals surface area contributed by atoms with E-state index in [2.05, 4.69) is 36.2 Å². The van der Waals surface area contributed by atoms with Gasteiger partial charge in [-0.15, -0.1) is 0 Å². The van der Waals surface area contributed by atoms with Crippen LogP contribution in [0.15, 0.2) is 73.3 Å². The number of carbonyl (C=O) groups excluding carboxylic acids is 3. The molecule has 1 aliphatic heterocycles. The number of aromatic nitrogens is 3. The number of fused-ring (bicyclic) bond motifs is 1. The van der Waals surface area contributed by atoms with Gasteiger partial charge in [-0.05, 0) is 36.6 Å². The number of H-pyrrole nitrogens is 2. The lowest BCUT2D eigenvalue weighted by atomic mass is 10.0. The van der Waals surface area contributed by atoms with E-state index in [9.17, 15) is 24.3 Å². The molecule has 3 amide bonds. The number of para-hydroxylation sites is 1. The second-order valence-corrected chi connectivity index (χ2v) is 10.7. The highest BCUT2D eigenvalue weighted by Gasteiger charge is 2.32. The molecule has 1 aliphatic rings. The first-order valence-corrected chi connectivity index (χ1v) is 14.3. The monoisotopic (exact) mass is 585 g/mol. The lowest BCUT2D eigenvalue weighted by Crippen LogP contribution is -2.58. The van der Waals surface area contributed by atoms with E-state index >= 15 is 0 Å². The van der Waals surface area contributed by atoms with E-state index in [1.54, 1.807) is 12.4 Å². The van der Waals surface area contributed by atoms with Crippen LogP contribution in [0, 0.1) is 0 Å². The van der Waals surface area contributed by atoms with Crippen LogP contribution in [0.3, 0.4) is 0 Å². The van der Waals surface area contributed by atoms with Crippen LogP contribution < -0.4 is 21.3 Å². The highest BCUT2D eigenvalue weighted by Crippen LogP contribution is 2.19. The fraction of sp³-hybridized carbons (Fsp3) is 0.323. The van der Waals surface area contributed by atoms with E-state index in [-0.39, 0.29) is 25.2 Å². The van der Waals surface area contributed by atoms with Crippen molar-refractivity contribution in [3.63, 3.8) is 0 Å². The average molecular weight is 586 g/mol. The predicted octanol–water partition coefficient (Wildman–Crippen LogP) is 1.21. The summed E-state index contributed by atoms with van der Waals surface area (Å²) in [6, 6.07) is 12.9. The Morgan fingerprint density at radius 1 is 0.860 bits per heavy atom. The number of rotatable bonds is 13. The minimum atomic E-state index is -1.24. The Hall–Kier alpha value is -4.97. The van der Waals surface area contributed by atoms with Gasteiger partial charge in [-0.25, -0.2) is 9.78 Å². The molecule has 0 radical (unpaired) electrons. The van der Waals surface area contributed by atoms with E-state index in [0.717, 1.165) is 35.0 Å². The van der Waals surface area contributed by atoms with Crippen LogP contribution in [0.4, 0.5) is 0 Å². The number of hydrogen-bond donors (Lipinski definition) is 7. The van der Waals surface area contributed by atoms with Gasteiger partial charge in [0.15, 0.2) is 0 Å². The van der Waals surface area contributed by atoms with Crippen LogP contribution in [0.5, 0.6) is 0 Å². The van der Waals surface area contributed by atoms with Crippen molar-refractivity contribution in [3.8, 4) is 0 Å². The molecule has 12 nitrogen and oxygen atoms in total. The lowest BCUT2D eigenvalue weighted by molar-refractivity contribution is -0.142. The van der Waals surface area contributed by atoms with Gasteiger partial charge in [-0.1, -0.05) is 48.5 Å². The molecule has 1 fully saturated rings. The number of benzene rings is 2. The van der Waals surface area contributed by atoms with Crippen LogP contribution in [0.1, 0.15) is 29.7 Å². The third-order valence-electron chi connectivity index (χ3n) is 7.62. The third kappa shape index (κ3) is 7.66. The van der Waals surface area contributed by atoms with Crippen molar-refractivity contribution in [3.05, 3.63) is 90.1 Å². The standard InChI is InChI=1S/C31H35N7O5/c39-28(24-11-6-12-33-24)37-26(15-21-17-32-18-35-21)30(41)36-25(13-19-7-2-1-3-8-19)29(40)38-27(31(42)43)14-20-16-34-23-10-5-4-9-22(20)23/h1-5,7-10,16-18,24-27,33-34H,6,11-15H2,(H,32,35)(H,36,41)(H,37,39)(H,38,40)(H,42,43). The summed E-state index contributed by atoms with van der Waals surface area (Å²) in [4.78, 5) is 62.6. The van der Waals surface area contributed by atoms with Gasteiger partial charge in [0.25, 0.3) is 0 Å². The first-order chi connectivity index (χ1) is 20.9. The Labute approximate surface area is 248 Å². The maximum atomic E-state index is 13.7. The summed E-state index contributed by atoms with van der Waals surface area (Å²) in [5, 5.41) is 22.2. The Balaban J connectivity index is 1.34. The van der Waals surface area contributed by atoms with Crippen molar-refractivity contribution in [2.45, 2.75) is 56.3 Å². The second kappa shape index (κ2) is 13.8. The molecule has 0 aliphatic carbocycles. The SMILES string of the molecule is O=C(O)C(Cc1c[nH]c2ccccc12)NC(=O)C(Cc1ccccc1)NC(=O)C(Cc1cnc[nH]1)NC(=O)C1CCCN1. The van der Waals surface area contributed by atoms with Crippen molar-refractivity contribution >= 4 is 34.6 Å². The van der Waals surface area contributed by atoms with E-state index in [1.807, 2.05) is 54.6 Å². The fourth-order valence-electron chi connectivity index (χ4n) is 5.33. The Kier molecular flexibility index (Phi) is 9.47. The number of carboxylic acid groups (broad SMARTS) is 1. The van der Waals surface area contributed by atoms with Gasteiger partial charge in [0.05, 0.1) is 12.4 Å². The van der Waals surface area contributed by atoms with E-state index < -0.39 is 42.0 Å². The van der Waals surface area contributed by atoms with Gasteiger partial charge >= 0.3 is 5.97 Å². The first kappa shape index (κ1) is 29.5. The van der Waals surface area contributed by atoms with Crippen molar-refractivity contribution in [2.75, 3.05) is 6.54 Å². The van der Waals surface area contributed by atoms with Crippen molar-refractivity contribution in [1.82, 2.24) is 36.2 Å². The first-order valence-electron chi connectivity index (χ1n) is 14.3. The lowest BCUT2D eigenvalue weighted by Gasteiger charge is -2.25. The highest BCUT2D eigenvalue weighted by atomic mass is 16.4.